The number of rotatable bonds is 4. The van der Waals surface area contributed by atoms with Crippen LogP contribution in [0.3, 0.4) is 0 Å². The lowest BCUT2D eigenvalue weighted by Gasteiger charge is -2.48. The van der Waals surface area contributed by atoms with Gasteiger partial charge >= 0.3 is 0 Å². The second-order valence-electron chi connectivity index (χ2n) is 5.46. The van der Waals surface area contributed by atoms with E-state index in [2.05, 4.69) is 24.0 Å². The van der Waals surface area contributed by atoms with Gasteiger partial charge in [-0.15, -0.1) is 0 Å². The predicted molar refractivity (Wildman–Crippen MR) is 74.3 cm³/mol. The molecule has 0 amide bonds. The van der Waals surface area contributed by atoms with E-state index in [0.29, 0.717) is 6.54 Å². The fourth-order valence-electron chi connectivity index (χ4n) is 3.01. The van der Waals surface area contributed by atoms with Crippen LogP contribution in [0.1, 0.15) is 37.8 Å². The Morgan fingerprint density at radius 1 is 1.33 bits per heavy atom. The Labute approximate surface area is 110 Å². The molecular weight excluding hydrogens is 224 g/mol. The number of likely N-dealkylation sites (tertiary alicyclic amines) is 1. The summed E-state index contributed by atoms with van der Waals surface area (Å²) in [5, 5.41) is 9.78. The molecule has 0 saturated carbocycles. The summed E-state index contributed by atoms with van der Waals surface area (Å²) < 4.78 is 0. The summed E-state index contributed by atoms with van der Waals surface area (Å²) in [7, 11) is 0. The standard InChI is InChI=1S/C15H24N2O/c1-15(12-16)9-5-6-10-17(15)14(11-18)13-7-3-2-4-8-13/h2-4,7-8,14,18H,5-6,9-12,16H2,1H3/t14?,15-/m0/s1. The largest absolute Gasteiger partial charge is 0.394 e. The first-order chi connectivity index (χ1) is 8.71. The van der Waals surface area contributed by atoms with E-state index in [1.54, 1.807) is 0 Å². The van der Waals surface area contributed by atoms with E-state index in [-0.39, 0.29) is 18.2 Å². The maximum absolute atomic E-state index is 9.78. The minimum absolute atomic E-state index is 0.0154. The molecule has 3 nitrogen and oxygen atoms in total. The third-order valence-electron chi connectivity index (χ3n) is 4.23. The van der Waals surface area contributed by atoms with Crippen LogP contribution >= 0.6 is 0 Å². The second-order valence-corrected chi connectivity index (χ2v) is 5.46. The van der Waals surface area contributed by atoms with Gasteiger partial charge in [-0.1, -0.05) is 36.8 Å². The highest BCUT2D eigenvalue weighted by Gasteiger charge is 2.37. The molecule has 0 bridgehead atoms. The summed E-state index contributed by atoms with van der Waals surface area (Å²) in [5.41, 5.74) is 7.17. The highest BCUT2D eigenvalue weighted by molar-refractivity contribution is 5.20. The normalized spacial score (nSPS) is 27.1. The minimum Gasteiger partial charge on any atom is -0.394 e. The molecule has 0 aromatic heterocycles. The highest BCUT2D eigenvalue weighted by Crippen LogP contribution is 2.34. The van der Waals surface area contributed by atoms with Gasteiger partial charge in [-0.05, 0) is 31.9 Å². The molecule has 1 aromatic rings. The van der Waals surface area contributed by atoms with Crippen molar-refractivity contribution in [2.24, 2.45) is 5.73 Å². The van der Waals surface area contributed by atoms with Crippen LogP contribution in [0.4, 0.5) is 0 Å². The van der Waals surface area contributed by atoms with Crippen LogP contribution in [0.2, 0.25) is 0 Å². The molecule has 0 aliphatic carbocycles. The minimum atomic E-state index is 0.0154. The molecule has 18 heavy (non-hydrogen) atoms. The summed E-state index contributed by atoms with van der Waals surface area (Å²) in [6.45, 7) is 4.04. The smallest absolute Gasteiger partial charge is 0.0628 e. The van der Waals surface area contributed by atoms with Crippen molar-refractivity contribution in [3.8, 4) is 0 Å². The Bertz CT molecular complexity index is 368. The molecule has 1 unspecified atom stereocenters. The number of aliphatic hydroxyl groups is 1. The molecule has 1 aliphatic rings. The first-order valence-corrected chi connectivity index (χ1v) is 6.84. The Balaban J connectivity index is 2.26. The van der Waals surface area contributed by atoms with E-state index in [0.717, 1.165) is 13.0 Å². The SMILES string of the molecule is C[C@@]1(CN)CCCCN1C(CO)c1ccccc1. The quantitative estimate of drug-likeness (QED) is 0.856. The molecule has 1 heterocycles. The van der Waals surface area contributed by atoms with Crippen molar-refractivity contribution in [1.82, 2.24) is 4.90 Å². The Morgan fingerprint density at radius 2 is 2.06 bits per heavy atom. The lowest BCUT2D eigenvalue weighted by molar-refractivity contribution is 0.00150. The first kappa shape index (κ1) is 13.5. The molecule has 3 heteroatoms. The number of piperidine rings is 1. The van der Waals surface area contributed by atoms with Gasteiger partial charge in [0.05, 0.1) is 12.6 Å². The van der Waals surface area contributed by atoms with Crippen LogP contribution in [-0.2, 0) is 0 Å². The molecular formula is C15H24N2O. The van der Waals surface area contributed by atoms with Crippen molar-refractivity contribution in [3.63, 3.8) is 0 Å². The van der Waals surface area contributed by atoms with Gasteiger partial charge in [-0.3, -0.25) is 4.90 Å². The van der Waals surface area contributed by atoms with Crippen LogP contribution < -0.4 is 5.73 Å². The topological polar surface area (TPSA) is 49.5 Å². The van der Waals surface area contributed by atoms with Crippen LogP contribution in [0, 0.1) is 0 Å². The Hall–Kier alpha value is -0.900. The van der Waals surface area contributed by atoms with Crippen LogP contribution in [0.25, 0.3) is 0 Å². The van der Waals surface area contributed by atoms with E-state index in [9.17, 15) is 5.11 Å². The Morgan fingerprint density at radius 3 is 2.67 bits per heavy atom. The number of nitrogens with two attached hydrogens (primary N) is 1. The lowest BCUT2D eigenvalue weighted by atomic mass is 9.86. The number of hydrogen-bond acceptors (Lipinski definition) is 3. The molecule has 1 aromatic carbocycles. The van der Waals surface area contributed by atoms with E-state index >= 15 is 0 Å². The number of aliphatic hydroxyl groups excluding tert-OH is 1. The van der Waals surface area contributed by atoms with E-state index in [4.69, 9.17) is 5.73 Å². The molecule has 100 valence electrons. The molecule has 1 saturated heterocycles. The van der Waals surface area contributed by atoms with E-state index in [1.807, 2.05) is 18.2 Å². The molecule has 2 rings (SSSR count). The highest BCUT2D eigenvalue weighted by atomic mass is 16.3. The summed E-state index contributed by atoms with van der Waals surface area (Å²) in [5.74, 6) is 0. The van der Waals surface area contributed by atoms with Crippen molar-refractivity contribution in [3.05, 3.63) is 35.9 Å². The number of hydrogen-bond donors (Lipinski definition) is 2. The number of benzene rings is 1. The predicted octanol–water partition coefficient (Wildman–Crippen LogP) is 1.92. The van der Waals surface area contributed by atoms with Crippen molar-refractivity contribution >= 4 is 0 Å². The zero-order chi connectivity index (χ0) is 13.0. The van der Waals surface area contributed by atoms with Crippen LogP contribution in [0.5, 0.6) is 0 Å². The monoisotopic (exact) mass is 248 g/mol. The summed E-state index contributed by atoms with van der Waals surface area (Å²) in [6, 6.07) is 10.3. The number of nitrogens with zero attached hydrogens (tertiary/aromatic N) is 1. The molecule has 0 radical (unpaired) electrons. The Kier molecular flexibility index (Phi) is 4.38. The zero-order valence-corrected chi connectivity index (χ0v) is 11.2. The fraction of sp³-hybridized carbons (Fsp3) is 0.600. The average Bonchev–Trinajstić information content (AvgIpc) is 2.43. The zero-order valence-electron chi connectivity index (χ0n) is 11.2. The van der Waals surface area contributed by atoms with Gasteiger partial charge in [0.15, 0.2) is 0 Å². The maximum atomic E-state index is 9.78. The van der Waals surface area contributed by atoms with Gasteiger partial charge in [0.2, 0.25) is 0 Å². The third-order valence-corrected chi connectivity index (χ3v) is 4.23. The van der Waals surface area contributed by atoms with Crippen molar-refractivity contribution in [2.75, 3.05) is 19.7 Å². The summed E-state index contributed by atoms with van der Waals surface area (Å²) >= 11 is 0. The van der Waals surface area contributed by atoms with Gasteiger partial charge in [0.1, 0.15) is 0 Å². The van der Waals surface area contributed by atoms with Crippen molar-refractivity contribution in [1.29, 1.82) is 0 Å². The van der Waals surface area contributed by atoms with Gasteiger partial charge in [-0.2, -0.15) is 0 Å². The second kappa shape index (κ2) is 5.83. The third kappa shape index (κ3) is 2.58. The molecule has 3 N–H and O–H groups in total. The lowest BCUT2D eigenvalue weighted by Crippen LogP contribution is -2.56. The summed E-state index contributed by atoms with van der Waals surface area (Å²) in [6.07, 6.45) is 3.54. The molecule has 1 aliphatic heterocycles. The maximum Gasteiger partial charge on any atom is 0.0628 e. The van der Waals surface area contributed by atoms with Crippen molar-refractivity contribution in [2.45, 2.75) is 37.8 Å². The van der Waals surface area contributed by atoms with E-state index < -0.39 is 0 Å². The van der Waals surface area contributed by atoms with Crippen molar-refractivity contribution < 1.29 is 5.11 Å². The van der Waals surface area contributed by atoms with Crippen LogP contribution in [0.15, 0.2) is 30.3 Å². The molecule has 1 fully saturated rings. The van der Waals surface area contributed by atoms with Gasteiger partial charge in [0.25, 0.3) is 0 Å². The first-order valence-electron chi connectivity index (χ1n) is 6.84. The van der Waals surface area contributed by atoms with Crippen LogP contribution in [-0.4, -0.2) is 35.2 Å². The van der Waals surface area contributed by atoms with Gasteiger partial charge in [0, 0.05) is 12.1 Å². The summed E-state index contributed by atoms with van der Waals surface area (Å²) in [4.78, 5) is 2.39. The molecule has 0 spiro atoms. The molecule has 2 atom stereocenters. The average molecular weight is 248 g/mol. The van der Waals surface area contributed by atoms with Gasteiger partial charge < -0.3 is 10.8 Å². The van der Waals surface area contributed by atoms with Gasteiger partial charge in [-0.25, -0.2) is 0 Å². The van der Waals surface area contributed by atoms with E-state index in [1.165, 1.54) is 18.4 Å². The fourth-order valence-corrected chi connectivity index (χ4v) is 3.01.